The fraction of sp³-hybridized carbons (Fsp3) is 1.00. The summed E-state index contributed by atoms with van der Waals surface area (Å²) >= 11 is 0. The third-order valence-electron chi connectivity index (χ3n) is 4.61. The van der Waals surface area contributed by atoms with E-state index in [4.69, 9.17) is 5.73 Å². The predicted octanol–water partition coefficient (Wildman–Crippen LogP) is 5.14. The van der Waals surface area contributed by atoms with Crippen LogP contribution in [-0.2, 0) is 0 Å². The maximum atomic E-state index is 6.74. The maximum absolute atomic E-state index is 6.74. The molecule has 0 amide bonds. The Labute approximate surface area is 110 Å². The van der Waals surface area contributed by atoms with Crippen LogP contribution in [0.5, 0.6) is 0 Å². The van der Waals surface area contributed by atoms with Crippen molar-refractivity contribution in [2.45, 2.75) is 92.0 Å². The van der Waals surface area contributed by atoms with Crippen molar-refractivity contribution >= 4 is 0 Å². The SMILES string of the molecule is CCCCCCC(CC)C(N)(CC)C(C)(C)C. The summed E-state index contributed by atoms with van der Waals surface area (Å²) in [5.74, 6) is 0.671. The van der Waals surface area contributed by atoms with E-state index in [1.807, 2.05) is 0 Å². The van der Waals surface area contributed by atoms with Crippen LogP contribution in [-0.4, -0.2) is 5.54 Å². The van der Waals surface area contributed by atoms with Gasteiger partial charge < -0.3 is 5.73 Å². The predicted molar refractivity (Wildman–Crippen MR) is 79.2 cm³/mol. The second kappa shape index (κ2) is 7.41. The van der Waals surface area contributed by atoms with Crippen LogP contribution >= 0.6 is 0 Å². The summed E-state index contributed by atoms with van der Waals surface area (Å²) in [4.78, 5) is 0. The molecule has 0 rings (SSSR count). The fourth-order valence-electron chi connectivity index (χ4n) is 3.07. The van der Waals surface area contributed by atoms with E-state index >= 15 is 0 Å². The maximum Gasteiger partial charge on any atom is 0.0229 e. The minimum atomic E-state index is -0.00599. The van der Waals surface area contributed by atoms with Crippen LogP contribution in [0.25, 0.3) is 0 Å². The summed E-state index contributed by atoms with van der Waals surface area (Å²) in [7, 11) is 0. The molecule has 0 saturated carbocycles. The van der Waals surface area contributed by atoms with Crippen LogP contribution in [0.4, 0.5) is 0 Å². The molecule has 0 aliphatic carbocycles. The van der Waals surface area contributed by atoms with Gasteiger partial charge in [-0.3, -0.25) is 0 Å². The van der Waals surface area contributed by atoms with E-state index in [0.717, 1.165) is 6.42 Å². The molecule has 0 aliphatic rings. The third kappa shape index (κ3) is 4.62. The first-order valence-corrected chi connectivity index (χ1v) is 7.62. The Bertz CT molecular complexity index is 192. The third-order valence-corrected chi connectivity index (χ3v) is 4.61. The van der Waals surface area contributed by atoms with Crippen molar-refractivity contribution in [2.24, 2.45) is 17.1 Å². The Balaban J connectivity index is 4.49. The average molecular weight is 241 g/mol. The van der Waals surface area contributed by atoms with Gasteiger partial charge in [-0.05, 0) is 24.2 Å². The van der Waals surface area contributed by atoms with E-state index in [-0.39, 0.29) is 11.0 Å². The molecule has 0 fully saturated rings. The number of hydrogen-bond acceptors (Lipinski definition) is 1. The molecular formula is C16H35N. The van der Waals surface area contributed by atoms with Gasteiger partial charge in [-0.2, -0.15) is 0 Å². The van der Waals surface area contributed by atoms with Gasteiger partial charge in [-0.15, -0.1) is 0 Å². The normalized spacial score (nSPS) is 17.8. The largest absolute Gasteiger partial charge is 0.324 e. The molecule has 0 saturated heterocycles. The fourth-order valence-corrected chi connectivity index (χ4v) is 3.07. The molecule has 0 aliphatic heterocycles. The second-order valence-corrected chi connectivity index (χ2v) is 6.60. The number of nitrogens with two attached hydrogens (primary N) is 1. The van der Waals surface area contributed by atoms with E-state index in [1.165, 1.54) is 38.5 Å². The Morgan fingerprint density at radius 3 is 1.88 bits per heavy atom. The highest BCUT2D eigenvalue weighted by molar-refractivity contribution is 4.98. The van der Waals surface area contributed by atoms with Crippen molar-refractivity contribution in [2.75, 3.05) is 0 Å². The molecule has 104 valence electrons. The highest BCUT2D eigenvalue weighted by atomic mass is 14.8. The van der Waals surface area contributed by atoms with Gasteiger partial charge >= 0.3 is 0 Å². The Hall–Kier alpha value is -0.0400. The lowest BCUT2D eigenvalue weighted by Gasteiger charge is -2.47. The van der Waals surface area contributed by atoms with Crippen LogP contribution < -0.4 is 5.73 Å². The molecule has 0 spiro atoms. The first-order chi connectivity index (χ1) is 7.83. The minimum Gasteiger partial charge on any atom is -0.324 e. The van der Waals surface area contributed by atoms with Crippen LogP contribution in [0, 0.1) is 11.3 Å². The van der Waals surface area contributed by atoms with Crippen molar-refractivity contribution in [3.8, 4) is 0 Å². The van der Waals surface area contributed by atoms with Crippen molar-refractivity contribution in [1.29, 1.82) is 0 Å². The summed E-state index contributed by atoms with van der Waals surface area (Å²) in [6.45, 7) is 13.7. The highest BCUT2D eigenvalue weighted by Crippen LogP contribution is 2.40. The van der Waals surface area contributed by atoms with Gasteiger partial charge in [-0.25, -0.2) is 0 Å². The van der Waals surface area contributed by atoms with Gasteiger partial charge in [0.1, 0.15) is 0 Å². The Morgan fingerprint density at radius 2 is 1.53 bits per heavy atom. The first kappa shape index (κ1) is 17.0. The van der Waals surface area contributed by atoms with Crippen LogP contribution in [0.2, 0.25) is 0 Å². The van der Waals surface area contributed by atoms with E-state index in [0.29, 0.717) is 5.92 Å². The molecular weight excluding hydrogens is 206 g/mol. The lowest BCUT2D eigenvalue weighted by molar-refractivity contribution is 0.0937. The quantitative estimate of drug-likeness (QED) is 0.585. The van der Waals surface area contributed by atoms with Crippen LogP contribution in [0.15, 0.2) is 0 Å². The van der Waals surface area contributed by atoms with Crippen LogP contribution in [0.3, 0.4) is 0 Å². The van der Waals surface area contributed by atoms with Crippen LogP contribution in [0.1, 0.15) is 86.5 Å². The molecule has 2 unspecified atom stereocenters. The van der Waals surface area contributed by atoms with E-state index < -0.39 is 0 Å². The van der Waals surface area contributed by atoms with E-state index in [1.54, 1.807) is 0 Å². The molecule has 1 nitrogen and oxygen atoms in total. The first-order valence-electron chi connectivity index (χ1n) is 7.62. The molecule has 0 bridgehead atoms. The molecule has 0 aromatic rings. The van der Waals surface area contributed by atoms with E-state index in [2.05, 4.69) is 41.5 Å². The summed E-state index contributed by atoms with van der Waals surface area (Å²) in [6.07, 6.45) is 9.01. The van der Waals surface area contributed by atoms with Gasteiger partial charge in [-0.1, -0.05) is 73.6 Å². The number of unbranched alkanes of at least 4 members (excludes halogenated alkanes) is 3. The zero-order chi connectivity index (χ0) is 13.5. The summed E-state index contributed by atoms with van der Waals surface area (Å²) in [5, 5.41) is 0. The van der Waals surface area contributed by atoms with Gasteiger partial charge in [0.2, 0.25) is 0 Å². The lowest BCUT2D eigenvalue weighted by atomic mass is 9.63. The van der Waals surface area contributed by atoms with Crippen molar-refractivity contribution in [3.05, 3.63) is 0 Å². The van der Waals surface area contributed by atoms with Gasteiger partial charge in [0, 0.05) is 5.54 Å². The number of hydrogen-bond donors (Lipinski definition) is 1. The van der Waals surface area contributed by atoms with Gasteiger partial charge in [0.05, 0.1) is 0 Å². The summed E-state index contributed by atoms with van der Waals surface area (Å²) < 4.78 is 0. The molecule has 0 aromatic carbocycles. The molecule has 2 atom stereocenters. The molecule has 0 aromatic heterocycles. The molecule has 1 heteroatoms. The van der Waals surface area contributed by atoms with Gasteiger partial charge in [0.25, 0.3) is 0 Å². The monoisotopic (exact) mass is 241 g/mol. The Kier molecular flexibility index (Phi) is 7.39. The van der Waals surface area contributed by atoms with E-state index in [9.17, 15) is 0 Å². The summed E-state index contributed by atoms with van der Waals surface area (Å²) in [6, 6.07) is 0. The molecule has 2 N–H and O–H groups in total. The lowest BCUT2D eigenvalue weighted by Crippen LogP contribution is -2.56. The van der Waals surface area contributed by atoms with Crippen molar-refractivity contribution < 1.29 is 0 Å². The topological polar surface area (TPSA) is 26.0 Å². The average Bonchev–Trinajstić information content (AvgIpc) is 2.27. The zero-order valence-electron chi connectivity index (χ0n) is 13.1. The summed E-state index contributed by atoms with van der Waals surface area (Å²) in [5.41, 5.74) is 6.94. The molecule has 0 heterocycles. The smallest absolute Gasteiger partial charge is 0.0229 e. The van der Waals surface area contributed by atoms with Gasteiger partial charge in [0.15, 0.2) is 0 Å². The molecule has 0 radical (unpaired) electrons. The standard InChI is InChI=1S/C16H35N/c1-7-10-11-12-13-14(8-2)16(17,9-3)15(4,5)6/h14H,7-13,17H2,1-6H3. The highest BCUT2D eigenvalue weighted by Gasteiger charge is 2.41. The molecule has 17 heavy (non-hydrogen) atoms. The second-order valence-electron chi connectivity index (χ2n) is 6.60. The minimum absolute atomic E-state index is 0.00599. The van der Waals surface area contributed by atoms with Crippen molar-refractivity contribution in [3.63, 3.8) is 0 Å². The zero-order valence-corrected chi connectivity index (χ0v) is 13.1. The Morgan fingerprint density at radius 1 is 0.941 bits per heavy atom. The van der Waals surface area contributed by atoms with Crippen molar-refractivity contribution in [1.82, 2.24) is 0 Å². The number of rotatable bonds is 8.